The van der Waals surface area contributed by atoms with Crippen LogP contribution in [0, 0.1) is 27.7 Å². The van der Waals surface area contributed by atoms with Gasteiger partial charge >= 0.3 is 0 Å². The molecule has 2 aromatic rings. The van der Waals surface area contributed by atoms with Crippen molar-refractivity contribution in [3.63, 3.8) is 0 Å². The highest BCUT2D eigenvalue weighted by molar-refractivity contribution is 6.36. The summed E-state index contributed by atoms with van der Waals surface area (Å²) in [6.45, 7) is 11.4. The molecule has 1 aliphatic rings. The lowest BCUT2D eigenvalue weighted by molar-refractivity contribution is -0.137. The lowest BCUT2D eigenvalue weighted by Crippen LogP contribution is -2.34. The van der Waals surface area contributed by atoms with Gasteiger partial charge in [-0.05, 0) is 69.4 Å². The van der Waals surface area contributed by atoms with Gasteiger partial charge in [0.2, 0.25) is 0 Å². The Morgan fingerprint density at radius 3 is 2.43 bits per heavy atom. The number of aryl methyl sites for hydroxylation is 3. The van der Waals surface area contributed by atoms with Gasteiger partial charge in [-0.2, -0.15) is 0 Å². The Balaban J connectivity index is 2.03. The molecule has 5 heteroatoms. The third-order valence-corrected chi connectivity index (χ3v) is 5.56. The quantitative estimate of drug-likeness (QED) is 0.517. The summed E-state index contributed by atoms with van der Waals surface area (Å²) in [6, 6.07) is 11.8. The van der Waals surface area contributed by atoms with Crippen LogP contribution >= 0.6 is 0 Å². The number of hydrogen-bond acceptors (Lipinski definition) is 4. The van der Waals surface area contributed by atoms with E-state index < -0.39 is 0 Å². The number of nitrogens with one attached hydrogen (secondary N) is 1. The third kappa shape index (κ3) is 4.31. The average molecular weight is 407 g/mol. The lowest BCUT2D eigenvalue weighted by Gasteiger charge is -2.16. The van der Waals surface area contributed by atoms with Crippen molar-refractivity contribution in [3.05, 3.63) is 69.9 Å². The Hall–Kier alpha value is -2.92. The molecule has 0 spiro atoms. The zero-order valence-corrected chi connectivity index (χ0v) is 18.5. The van der Waals surface area contributed by atoms with E-state index in [9.17, 15) is 9.59 Å². The Morgan fingerprint density at radius 2 is 1.73 bits per heavy atom. The van der Waals surface area contributed by atoms with E-state index in [2.05, 4.69) is 5.32 Å². The molecule has 5 nitrogen and oxygen atoms in total. The van der Waals surface area contributed by atoms with Gasteiger partial charge < -0.3 is 10.1 Å². The number of carbonyl (C=O) groups excluding carboxylic acids is 2. The first-order valence-electron chi connectivity index (χ1n) is 10.4. The first-order chi connectivity index (χ1) is 14.3. The number of rotatable bonds is 8. The number of anilines is 1. The maximum atomic E-state index is 13.3. The van der Waals surface area contributed by atoms with Gasteiger partial charge in [0.1, 0.15) is 5.70 Å². The Labute approximate surface area is 178 Å². The van der Waals surface area contributed by atoms with Gasteiger partial charge in [0.25, 0.3) is 11.8 Å². The number of nitrogens with zero attached hydrogens (tertiary/aromatic N) is 1. The van der Waals surface area contributed by atoms with Gasteiger partial charge in [0.15, 0.2) is 0 Å². The topological polar surface area (TPSA) is 58.6 Å². The van der Waals surface area contributed by atoms with Crippen molar-refractivity contribution >= 4 is 23.1 Å². The maximum Gasteiger partial charge on any atom is 0.278 e. The normalized spacial score (nSPS) is 14.1. The van der Waals surface area contributed by atoms with Crippen molar-refractivity contribution < 1.29 is 14.3 Å². The van der Waals surface area contributed by atoms with Crippen molar-refractivity contribution in [2.45, 2.75) is 41.0 Å². The molecule has 0 aromatic heterocycles. The molecule has 1 aliphatic heterocycles. The molecule has 2 amide bonds. The van der Waals surface area contributed by atoms with Crippen molar-refractivity contribution in [2.24, 2.45) is 0 Å². The van der Waals surface area contributed by atoms with Gasteiger partial charge in [-0.3, -0.25) is 14.5 Å². The molecule has 2 aromatic carbocycles. The highest BCUT2D eigenvalue weighted by Gasteiger charge is 2.39. The number of ether oxygens (including phenoxy) is 1. The van der Waals surface area contributed by atoms with E-state index in [1.54, 1.807) is 0 Å². The summed E-state index contributed by atoms with van der Waals surface area (Å²) in [6.07, 6.45) is 0.613. The summed E-state index contributed by atoms with van der Waals surface area (Å²) < 4.78 is 5.38. The molecule has 1 heterocycles. The SMILES string of the molecule is CCOCCCN1C(=O)C(Nc2cccc(C)c2C)=C(c2ccc(C)cc2C)C1=O. The maximum absolute atomic E-state index is 13.3. The first-order valence-corrected chi connectivity index (χ1v) is 10.4. The molecule has 0 fully saturated rings. The number of benzene rings is 2. The van der Waals surface area contributed by atoms with Crippen molar-refractivity contribution in [2.75, 3.05) is 25.1 Å². The van der Waals surface area contributed by atoms with Crippen molar-refractivity contribution in [3.8, 4) is 0 Å². The smallest absolute Gasteiger partial charge is 0.278 e. The van der Waals surface area contributed by atoms with Crippen LogP contribution in [0.2, 0.25) is 0 Å². The summed E-state index contributed by atoms with van der Waals surface area (Å²) >= 11 is 0. The van der Waals surface area contributed by atoms with Crippen LogP contribution in [0.25, 0.3) is 5.57 Å². The van der Waals surface area contributed by atoms with Crippen LogP contribution in [0.4, 0.5) is 5.69 Å². The minimum absolute atomic E-state index is 0.253. The molecule has 0 aliphatic carbocycles. The van der Waals surface area contributed by atoms with E-state index in [1.165, 1.54) is 4.90 Å². The van der Waals surface area contributed by atoms with E-state index in [-0.39, 0.29) is 11.8 Å². The monoisotopic (exact) mass is 406 g/mol. The number of hydrogen-bond donors (Lipinski definition) is 1. The van der Waals surface area contributed by atoms with Gasteiger partial charge in [0, 0.05) is 25.4 Å². The zero-order chi connectivity index (χ0) is 21.8. The molecular formula is C25H30N2O3. The Bertz CT molecular complexity index is 1010. The fraction of sp³-hybridized carbons (Fsp3) is 0.360. The minimum atomic E-state index is -0.285. The lowest BCUT2D eigenvalue weighted by atomic mass is 9.97. The number of amides is 2. The van der Waals surface area contributed by atoms with Crippen molar-refractivity contribution in [1.82, 2.24) is 4.90 Å². The van der Waals surface area contributed by atoms with Gasteiger partial charge in [-0.15, -0.1) is 0 Å². The average Bonchev–Trinajstić information content (AvgIpc) is 2.93. The Morgan fingerprint density at radius 1 is 0.967 bits per heavy atom. The molecule has 30 heavy (non-hydrogen) atoms. The van der Waals surface area contributed by atoms with Crippen LogP contribution in [0.1, 0.15) is 41.2 Å². The van der Waals surface area contributed by atoms with Gasteiger partial charge in [-0.1, -0.05) is 35.9 Å². The molecule has 0 saturated heterocycles. The van der Waals surface area contributed by atoms with E-state index in [0.717, 1.165) is 33.5 Å². The summed E-state index contributed by atoms with van der Waals surface area (Å²) in [7, 11) is 0. The molecule has 3 rings (SSSR count). The molecule has 0 bridgehead atoms. The molecular weight excluding hydrogens is 376 g/mol. The van der Waals surface area contributed by atoms with Gasteiger partial charge in [0.05, 0.1) is 5.57 Å². The van der Waals surface area contributed by atoms with Crippen LogP contribution in [0.3, 0.4) is 0 Å². The van der Waals surface area contributed by atoms with Crippen LogP contribution in [-0.2, 0) is 14.3 Å². The minimum Gasteiger partial charge on any atom is -0.382 e. The van der Waals surface area contributed by atoms with Crippen LogP contribution in [-0.4, -0.2) is 36.5 Å². The fourth-order valence-electron chi connectivity index (χ4n) is 3.73. The predicted molar refractivity (Wildman–Crippen MR) is 120 cm³/mol. The highest BCUT2D eigenvalue weighted by atomic mass is 16.5. The molecule has 0 radical (unpaired) electrons. The van der Waals surface area contributed by atoms with Crippen LogP contribution < -0.4 is 5.32 Å². The van der Waals surface area contributed by atoms with Gasteiger partial charge in [-0.25, -0.2) is 0 Å². The largest absolute Gasteiger partial charge is 0.382 e. The number of imide groups is 1. The molecule has 158 valence electrons. The van der Waals surface area contributed by atoms with Crippen molar-refractivity contribution in [1.29, 1.82) is 0 Å². The van der Waals surface area contributed by atoms with Crippen LogP contribution in [0.15, 0.2) is 42.1 Å². The third-order valence-electron chi connectivity index (χ3n) is 5.56. The summed E-state index contributed by atoms with van der Waals surface area (Å²) in [5.41, 5.74) is 6.68. The predicted octanol–water partition coefficient (Wildman–Crippen LogP) is 4.54. The highest BCUT2D eigenvalue weighted by Crippen LogP contribution is 2.33. The zero-order valence-electron chi connectivity index (χ0n) is 18.5. The number of carbonyl (C=O) groups is 2. The summed E-state index contributed by atoms with van der Waals surface area (Å²) in [5, 5.41) is 3.29. The van der Waals surface area contributed by atoms with E-state index >= 15 is 0 Å². The second-order valence-electron chi connectivity index (χ2n) is 7.75. The fourth-order valence-corrected chi connectivity index (χ4v) is 3.73. The summed E-state index contributed by atoms with van der Waals surface area (Å²) in [5.74, 6) is -0.538. The molecule has 1 N–H and O–H groups in total. The summed E-state index contributed by atoms with van der Waals surface area (Å²) in [4.78, 5) is 28.0. The second-order valence-corrected chi connectivity index (χ2v) is 7.75. The van der Waals surface area contributed by atoms with E-state index in [4.69, 9.17) is 4.74 Å². The molecule has 0 atom stereocenters. The van der Waals surface area contributed by atoms with E-state index in [1.807, 2.05) is 71.0 Å². The second kappa shape index (κ2) is 9.26. The standard InChI is InChI=1S/C25H30N2O3/c1-6-30-14-8-13-27-24(28)22(20-12-11-16(2)15-18(20)4)23(25(27)29)26-21-10-7-9-17(3)19(21)5/h7,9-12,15,26H,6,8,13-14H2,1-5H3. The Kier molecular flexibility index (Phi) is 6.73. The molecule has 0 saturated carbocycles. The van der Waals surface area contributed by atoms with E-state index in [0.29, 0.717) is 37.4 Å². The first kappa shape index (κ1) is 21.8. The van der Waals surface area contributed by atoms with Crippen LogP contribution in [0.5, 0.6) is 0 Å². The molecule has 0 unspecified atom stereocenters.